The Morgan fingerprint density at radius 1 is 1.19 bits per heavy atom. The number of nitrogens with two attached hydrogens (primary N) is 1. The number of nitrogens with one attached hydrogen (secondary N) is 1. The molecule has 0 bridgehead atoms. The van der Waals surface area contributed by atoms with E-state index in [1.807, 2.05) is 24.3 Å². The summed E-state index contributed by atoms with van der Waals surface area (Å²) in [5, 5.41) is 5.20. The number of anilines is 1. The smallest absolute Gasteiger partial charge is 0.240 e. The summed E-state index contributed by atoms with van der Waals surface area (Å²) >= 11 is 0. The second kappa shape index (κ2) is 5.22. The van der Waals surface area contributed by atoms with Crippen molar-refractivity contribution in [2.45, 2.75) is 26.4 Å². The number of nitrogens with zero attached hydrogens (tertiary/aromatic N) is 1. The van der Waals surface area contributed by atoms with Gasteiger partial charge in [-0.05, 0) is 38.1 Å². The molecule has 0 aliphatic heterocycles. The number of para-hydroxylation sites is 1. The van der Waals surface area contributed by atoms with Gasteiger partial charge in [0.25, 0.3) is 0 Å². The number of fused-ring (bicyclic) bond motifs is 3. The van der Waals surface area contributed by atoms with Crippen molar-refractivity contribution in [2.75, 3.05) is 5.32 Å². The Hall–Kier alpha value is -2.33. The van der Waals surface area contributed by atoms with Gasteiger partial charge in [0.05, 0.1) is 6.04 Å². The Balaban J connectivity index is 2.17. The third-order valence-corrected chi connectivity index (χ3v) is 3.77. The van der Waals surface area contributed by atoms with Gasteiger partial charge in [-0.15, -0.1) is 0 Å². The van der Waals surface area contributed by atoms with Gasteiger partial charge in [0.2, 0.25) is 5.91 Å². The Morgan fingerprint density at radius 3 is 2.62 bits per heavy atom. The largest absolute Gasteiger partial charge is 0.341 e. The molecule has 3 aromatic rings. The zero-order chi connectivity index (χ0) is 15.0. The molecule has 0 saturated carbocycles. The molecule has 0 spiro atoms. The monoisotopic (exact) mass is 281 g/mol. The van der Waals surface area contributed by atoms with Gasteiger partial charge in [0, 0.05) is 34.0 Å². The lowest BCUT2D eigenvalue weighted by Crippen LogP contribution is -2.32. The first kappa shape index (κ1) is 13.6. The second-order valence-corrected chi connectivity index (χ2v) is 5.27. The van der Waals surface area contributed by atoms with Crippen molar-refractivity contribution < 1.29 is 4.79 Å². The standard InChI is InChI=1S/C17H19N3O/c1-3-20-15-7-5-4-6-13(15)14-10-12(8-9-16(14)20)19-17(21)11(2)18/h4-11H,3,18H2,1-2H3,(H,19,21). The van der Waals surface area contributed by atoms with E-state index in [-0.39, 0.29) is 5.91 Å². The summed E-state index contributed by atoms with van der Waals surface area (Å²) < 4.78 is 2.28. The lowest BCUT2D eigenvalue weighted by Gasteiger charge is -2.08. The number of rotatable bonds is 3. The normalized spacial score (nSPS) is 12.7. The van der Waals surface area contributed by atoms with Crippen molar-refractivity contribution in [3.8, 4) is 0 Å². The topological polar surface area (TPSA) is 60.0 Å². The highest BCUT2D eigenvalue weighted by Crippen LogP contribution is 2.30. The Kier molecular flexibility index (Phi) is 3.39. The molecule has 1 aromatic heterocycles. The summed E-state index contributed by atoms with van der Waals surface area (Å²) in [5.74, 6) is -0.173. The lowest BCUT2D eigenvalue weighted by molar-refractivity contribution is -0.117. The van der Waals surface area contributed by atoms with Gasteiger partial charge in [-0.25, -0.2) is 0 Å². The maximum absolute atomic E-state index is 11.7. The predicted octanol–water partition coefficient (Wildman–Crippen LogP) is 3.10. The third-order valence-electron chi connectivity index (χ3n) is 3.77. The molecular weight excluding hydrogens is 262 g/mol. The summed E-state index contributed by atoms with van der Waals surface area (Å²) in [5.41, 5.74) is 8.77. The van der Waals surface area contributed by atoms with Crippen molar-refractivity contribution in [1.82, 2.24) is 4.57 Å². The van der Waals surface area contributed by atoms with Crippen molar-refractivity contribution in [3.05, 3.63) is 42.5 Å². The van der Waals surface area contributed by atoms with Gasteiger partial charge in [-0.2, -0.15) is 0 Å². The highest BCUT2D eigenvalue weighted by molar-refractivity contribution is 6.10. The van der Waals surface area contributed by atoms with Gasteiger partial charge in [-0.3, -0.25) is 4.79 Å². The molecule has 4 heteroatoms. The highest BCUT2D eigenvalue weighted by atomic mass is 16.2. The number of hydrogen-bond donors (Lipinski definition) is 2. The Bertz CT molecular complexity index is 817. The molecule has 3 N–H and O–H groups in total. The molecular formula is C17H19N3O. The van der Waals surface area contributed by atoms with Gasteiger partial charge < -0.3 is 15.6 Å². The third kappa shape index (κ3) is 2.28. The minimum absolute atomic E-state index is 0.173. The van der Waals surface area contributed by atoms with E-state index in [1.54, 1.807) is 6.92 Å². The quantitative estimate of drug-likeness (QED) is 0.775. The van der Waals surface area contributed by atoms with Gasteiger partial charge in [0.1, 0.15) is 0 Å². The molecule has 1 unspecified atom stereocenters. The summed E-state index contributed by atoms with van der Waals surface area (Å²) in [6.45, 7) is 4.73. The van der Waals surface area contributed by atoms with Crippen molar-refractivity contribution in [2.24, 2.45) is 5.73 Å². The van der Waals surface area contributed by atoms with Crippen LogP contribution in [0.2, 0.25) is 0 Å². The number of amides is 1. The van der Waals surface area contributed by atoms with E-state index >= 15 is 0 Å². The molecule has 0 saturated heterocycles. The Labute approximate surface area is 123 Å². The maximum atomic E-state index is 11.7. The highest BCUT2D eigenvalue weighted by Gasteiger charge is 2.11. The summed E-state index contributed by atoms with van der Waals surface area (Å²) in [4.78, 5) is 11.7. The van der Waals surface area contributed by atoms with Crippen LogP contribution in [0.3, 0.4) is 0 Å². The average Bonchev–Trinajstić information content (AvgIpc) is 2.80. The van der Waals surface area contributed by atoms with Crippen LogP contribution < -0.4 is 11.1 Å². The number of benzene rings is 2. The van der Waals surface area contributed by atoms with E-state index in [4.69, 9.17) is 5.73 Å². The number of carbonyl (C=O) groups is 1. The Morgan fingerprint density at radius 2 is 1.90 bits per heavy atom. The summed E-state index contributed by atoms with van der Waals surface area (Å²) in [6.07, 6.45) is 0. The zero-order valence-electron chi connectivity index (χ0n) is 12.3. The van der Waals surface area contributed by atoms with E-state index in [2.05, 4.69) is 35.0 Å². The SMILES string of the molecule is CCn1c2ccccc2c2cc(NC(=O)C(C)N)ccc21. The van der Waals surface area contributed by atoms with E-state index in [1.165, 1.54) is 16.4 Å². The van der Waals surface area contributed by atoms with Gasteiger partial charge >= 0.3 is 0 Å². The van der Waals surface area contributed by atoms with Crippen LogP contribution in [0.25, 0.3) is 21.8 Å². The fourth-order valence-corrected chi connectivity index (χ4v) is 2.73. The molecule has 1 atom stereocenters. The fraction of sp³-hybridized carbons (Fsp3) is 0.235. The summed E-state index contributed by atoms with van der Waals surface area (Å²) in [7, 11) is 0. The van der Waals surface area contributed by atoms with Crippen LogP contribution in [0.5, 0.6) is 0 Å². The van der Waals surface area contributed by atoms with Crippen LogP contribution in [0, 0.1) is 0 Å². The number of hydrogen-bond acceptors (Lipinski definition) is 2. The molecule has 0 aliphatic rings. The average molecular weight is 281 g/mol. The maximum Gasteiger partial charge on any atom is 0.240 e. The van der Waals surface area contributed by atoms with Crippen LogP contribution >= 0.6 is 0 Å². The molecule has 0 aliphatic carbocycles. The molecule has 2 aromatic carbocycles. The van der Waals surface area contributed by atoms with Crippen molar-refractivity contribution in [1.29, 1.82) is 0 Å². The van der Waals surface area contributed by atoms with Gasteiger partial charge in [-0.1, -0.05) is 18.2 Å². The molecule has 0 radical (unpaired) electrons. The first-order valence-corrected chi connectivity index (χ1v) is 7.19. The molecule has 21 heavy (non-hydrogen) atoms. The van der Waals surface area contributed by atoms with E-state index in [9.17, 15) is 4.79 Å². The van der Waals surface area contributed by atoms with Gasteiger partial charge in [0.15, 0.2) is 0 Å². The van der Waals surface area contributed by atoms with Crippen LogP contribution in [0.1, 0.15) is 13.8 Å². The molecule has 4 nitrogen and oxygen atoms in total. The number of aromatic nitrogens is 1. The van der Waals surface area contributed by atoms with Crippen molar-refractivity contribution >= 4 is 33.4 Å². The van der Waals surface area contributed by atoms with Crippen LogP contribution in [0.15, 0.2) is 42.5 Å². The molecule has 1 heterocycles. The summed E-state index contributed by atoms with van der Waals surface area (Å²) in [6, 6.07) is 13.8. The van der Waals surface area contributed by atoms with Crippen LogP contribution in [0.4, 0.5) is 5.69 Å². The van der Waals surface area contributed by atoms with E-state index in [0.29, 0.717) is 0 Å². The van der Waals surface area contributed by atoms with E-state index < -0.39 is 6.04 Å². The first-order chi connectivity index (χ1) is 10.1. The zero-order valence-corrected chi connectivity index (χ0v) is 12.3. The number of carbonyl (C=O) groups excluding carboxylic acids is 1. The minimum Gasteiger partial charge on any atom is -0.341 e. The van der Waals surface area contributed by atoms with Crippen LogP contribution in [-0.4, -0.2) is 16.5 Å². The minimum atomic E-state index is -0.516. The van der Waals surface area contributed by atoms with E-state index in [0.717, 1.165) is 17.6 Å². The fourth-order valence-electron chi connectivity index (χ4n) is 2.73. The second-order valence-electron chi connectivity index (χ2n) is 5.27. The predicted molar refractivity (Wildman–Crippen MR) is 87.4 cm³/mol. The molecule has 0 fully saturated rings. The lowest BCUT2D eigenvalue weighted by atomic mass is 10.1. The number of aryl methyl sites for hydroxylation is 1. The first-order valence-electron chi connectivity index (χ1n) is 7.19. The van der Waals surface area contributed by atoms with Crippen LogP contribution in [-0.2, 0) is 11.3 Å². The molecule has 108 valence electrons. The molecule has 1 amide bonds. The van der Waals surface area contributed by atoms with Crippen molar-refractivity contribution in [3.63, 3.8) is 0 Å². The molecule has 3 rings (SSSR count).